The fourth-order valence-electron chi connectivity index (χ4n) is 2.10. The average molecular weight is 332 g/mol. The highest BCUT2D eigenvalue weighted by Crippen LogP contribution is 2.13. The number of nitrogens with one attached hydrogen (secondary N) is 1. The van der Waals surface area contributed by atoms with E-state index in [1.54, 1.807) is 13.0 Å². The third-order valence-electron chi connectivity index (χ3n) is 3.39. The number of nitrogens with zero attached hydrogens (tertiary/aromatic N) is 1. The summed E-state index contributed by atoms with van der Waals surface area (Å²) >= 11 is 0. The Balaban J connectivity index is 0.00000441. The molecule has 3 N–H and O–H groups in total. The molecule has 0 bridgehead atoms. The third kappa shape index (κ3) is 7.20. The van der Waals surface area contributed by atoms with E-state index in [0.717, 1.165) is 12.1 Å². The number of halogens is 2. The molecule has 0 aliphatic rings. The number of nitrogens with two attached hydrogens (primary N) is 1. The lowest BCUT2D eigenvalue weighted by Gasteiger charge is -2.28. The first kappa shape index (κ1) is 20.8. The second kappa shape index (κ2) is 9.08. The van der Waals surface area contributed by atoms with Gasteiger partial charge in [-0.05, 0) is 43.1 Å². The van der Waals surface area contributed by atoms with Gasteiger partial charge in [-0.2, -0.15) is 0 Å². The largest absolute Gasteiger partial charge is 0.351 e. The maximum atomic E-state index is 13.4. The van der Waals surface area contributed by atoms with Gasteiger partial charge < -0.3 is 11.1 Å². The molecule has 0 aliphatic heterocycles. The summed E-state index contributed by atoms with van der Waals surface area (Å²) in [4.78, 5) is 13.8. The van der Waals surface area contributed by atoms with Crippen molar-refractivity contribution in [1.29, 1.82) is 0 Å². The van der Waals surface area contributed by atoms with Gasteiger partial charge in [-0.3, -0.25) is 9.69 Å². The van der Waals surface area contributed by atoms with Gasteiger partial charge in [0.15, 0.2) is 0 Å². The Morgan fingerprint density at radius 1 is 1.41 bits per heavy atom. The lowest BCUT2D eigenvalue weighted by molar-refractivity contribution is -0.122. The molecular weight excluding hydrogens is 305 g/mol. The molecule has 1 amide bonds. The summed E-state index contributed by atoms with van der Waals surface area (Å²) in [5.41, 5.74) is 7.03. The standard InChI is InChI=1S/C16H26FN3O.ClH/c1-12-5-6-13(7-14(12)17)8-19-15(21)9-20(4)11-16(2,3)10-18;/h5-7H,8-11,18H2,1-4H3,(H,19,21);1H. The maximum Gasteiger partial charge on any atom is 0.234 e. The van der Waals surface area contributed by atoms with Crippen LogP contribution >= 0.6 is 12.4 Å². The summed E-state index contributed by atoms with van der Waals surface area (Å²) in [6.45, 7) is 7.80. The summed E-state index contributed by atoms with van der Waals surface area (Å²) < 4.78 is 13.4. The minimum Gasteiger partial charge on any atom is -0.351 e. The van der Waals surface area contributed by atoms with E-state index in [0.29, 0.717) is 25.2 Å². The predicted molar refractivity (Wildman–Crippen MR) is 90.6 cm³/mol. The van der Waals surface area contributed by atoms with Crippen LogP contribution in [0.25, 0.3) is 0 Å². The smallest absolute Gasteiger partial charge is 0.234 e. The maximum absolute atomic E-state index is 13.4. The summed E-state index contributed by atoms with van der Waals surface area (Å²) in [7, 11) is 1.89. The van der Waals surface area contributed by atoms with Crippen LogP contribution in [-0.2, 0) is 11.3 Å². The van der Waals surface area contributed by atoms with Gasteiger partial charge in [0.25, 0.3) is 0 Å². The van der Waals surface area contributed by atoms with Gasteiger partial charge in [-0.25, -0.2) is 4.39 Å². The molecule has 4 nitrogen and oxygen atoms in total. The summed E-state index contributed by atoms with van der Waals surface area (Å²) in [5.74, 6) is -0.324. The van der Waals surface area contributed by atoms with Crippen molar-refractivity contribution in [3.8, 4) is 0 Å². The highest BCUT2D eigenvalue weighted by molar-refractivity contribution is 5.85. The minimum absolute atomic E-state index is 0. The Hall–Kier alpha value is -1.17. The van der Waals surface area contributed by atoms with Gasteiger partial charge in [0.1, 0.15) is 5.82 Å². The molecule has 1 aromatic carbocycles. The van der Waals surface area contributed by atoms with Crippen molar-refractivity contribution >= 4 is 18.3 Å². The van der Waals surface area contributed by atoms with Crippen LogP contribution in [0.5, 0.6) is 0 Å². The molecule has 6 heteroatoms. The van der Waals surface area contributed by atoms with Crippen molar-refractivity contribution in [2.75, 3.05) is 26.7 Å². The quantitative estimate of drug-likeness (QED) is 0.804. The molecule has 0 saturated heterocycles. The second-order valence-electron chi connectivity index (χ2n) is 6.40. The zero-order valence-corrected chi connectivity index (χ0v) is 14.6. The van der Waals surface area contributed by atoms with Crippen LogP contribution in [0.3, 0.4) is 0 Å². The summed E-state index contributed by atoms with van der Waals surface area (Å²) in [6, 6.07) is 4.99. The number of carbonyl (C=O) groups excluding carboxylic acids is 1. The topological polar surface area (TPSA) is 58.4 Å². The van der Waals surface area contributed by atoms with Crippen molar-refractivity contribution in [1.82, 2.24) is 10.2 Å². The predicted octanol–water partition coefficient (Wildman–Crippen LogP) is 2.09. The van der Waals surface area contributed by atoms with E-state index >= 15 is 0 Å². The van der Waals surface area contributed by atoms with E-state index in [2.05, 4.69) is 19.2 Å². The van der Waals surface area contributed by atoms with Gasteiger partial charge in [0.2, 0.25) is 5.91 Å². The van der Waals surface area contributed by atoms with E-state index in [-0.39, 0.29) is 29.5 Å². The number of carbonyl (C=O) groups is 1. The zero-order valence-electron chi connectivity index (χ0n) is 13.8. The van der Waals surface area contributed by atoms with Crippen LogP contribution in [0.2, 0.25) is 0 Å². The van der Waals surface area contributed by atoms with E-state index in [4.69, 9.17) is 5.73 Å². The van der Waals surface area contributed by atoms with E-state index in [1.807, 2.05) is 18.0 Å². The molecule has 1 rings (SSSR count). The Morgan fingerprint density at radius 2 is 2.05 bits per heavy atom. The van der Waals surface area contributed by atoms with Crippen LogP contribution in [0.1, 0.15) is 25.0 Å². The van der Waals surface area contributed by atoms with Gasteiger partial charge in [-0.15, -0.1) is 12.4 Å². The van der Waals surface area contributed by atoms with Crippen molar-refractivity contribution in [3.63, 3.8) is 0 Å². The van der Waals surface area contributed by atoms with Crippen molar-refractivity contribution in [3.05, 3.63) is 35.1 Å². The molecule has 0 fully saturated rings. The molecule has 126 valence electrons. The number of hydrogen-bond donors (Lipinski definition) is 2. The van der Waals surface area contributed by atoms with Crippen LogP contribution < -0.4 is 11.1 Å². The molecule has 0 aliphatic carbocycles. The van der Waals surface area contributed by atoms with Crippen molar-refractivity contribution in [2.24, 2.45) is 11.1 Å². The molecule has 0 spiro atoms. The highest BCUT2D eigenvalue weighted by atomic mass is 35.5. The Morgan fingerprint density at radius 3 is 2.59 bits per heavy atom. The molecule has 22 heavy (non-hydrogen) atoms. The normalized spacial score (nSPS) is 11.2. The summed E-state index contributed by atoms with van der Waals surface area (Å²) in [6.07, 6.45) is 0. The van der Waals surface area contributed by atoms with Gasteiger partial charge >= 0.3 is 0 Å². The first-order valence-corrected chi connectivity index (χ1v) is 7.14. The number of rotatable bonds is 7. The molecule has 0 atom stereocenters. The molecule has 0 radical (unpaired) electrons. The SMILES string of the molecule is Cc1ccc(CNC(=O)CN(C)CC(C)(C)CN)cc1F.Cl. The number of amides is 1. The van der Waals surface area contributed by atoms with Crippen LogP contribution in [0.15, 0.2) is 18.2 Å². The fraction of sp³-hybridized carbons (Fsp3) is 0.562. The van der Waals surface area contributed by atoms with Crippen molar-refractivity contribution in [2.45, 2.75) is 27.3 Å². The molecule has 0 heterocycles. The number of likely N-dealkylation sites (N-methyl/N-ethyl adjacent to an activating group) is 1. The molecule has 0 unspecified atom stereocenters. The Kier molecular flexibility index (Phi) is 8.60. The van der Waals surface area contributed by atoms with Crippen molar-refractivity contribution < 1.29 is 9.18 Å². The Labute approximate surface area is 138 Å². The van der Waals surface area contributed by atoms with Crippen LogP contribution in [0, 0.1) is 18.2 Å². The number of benzene rings is 1. The van der Waals surface area contributed by atoms with E-state index in [9.17, 15) is 9.18 Å². The second-order valence-corrected chi connectivity index (χ2v) is 6.40. The van der Waals surface area contributed by atoms with Gasteiger partial charge in [0.05, 0.1) is 6.54 Å². The zero-order chi connectivity index (χ0) is 16.0. The molecule has 0 aromatic heterocycles. The first-order chi connectivity index (χ1) is 9.73. The van der Waals surface area contributed by atoms with E-state index in [1.165, 1.54) is 6.07 Å². The van der Waals surface area contributed by atoms with Gasteiger partial charge in [0, 0.05) is 13.1 Å². The van der Waals surface area contributed by atoms with Crippen LogP contribution in [0.4, 0.5) is 4.39 Å². The lowest BCUT2D eigenvalue weighted by atomic mass is 9.93. The first-order valence-electron chi connectivity index (χ1n) is 7.14. The number of hydrogen-bond acceptors (Lipinski definition) is 3. The van der Waals surface area contributed by atoms with Crippen LogP contribution in [-0.4, -0.2) is 37.5 Å². The summed E-state index contributed by atoms with van der Waals surface area (Å²) in [5, 5.41) is 2.80. The lowest BCUT2D eigenvalue weighted by Crippen LogP contribution is -2.41. The van der Waals surface area contributed by atoms with Gasteiger partial charge in [-0.1, -0.05) is 26.0 Å². The molecule has 1 aromatic rings. The van der Waals surface area contributed by atoms with E-state index < -0.39 is 0 Å². The third-order valence-corrected chi connectivity index (χ3v) is 3.39. The molecular formula is C16H27ClFN3O. The Bertz CT molecular complexity index is 494. The monoisotopic (exact) mass is 331 g/mol. The highest BCUT2D eigenvalue weighted by Gasteiger charge is 2.19. The number of aryl methyl sites for hydroxylation is 1. The molecule has 0 saturated carbocycles. The fourth-order valence-corrected chi connectivity index (χ4v) is 2.10. The minimum atomic E-state index is -0.247. The average Bonchev–Trinajstić information content (AvgIpc) is 2.39.